The number of fused-ring (bicyclic) bond motifs is 6. The molecule has 0 amide bonds. The second-order valence-corrected chi connectivity index (χ2v) is 18.7. The van der Waals surface area contributed by atoms with Gasteiger partial charge in [0.2, 0.25) is 0 Å². The van der Waals surface area contributed by atoms with Gasteiger partial charge in [0.15, 0.2) is 0 Å². The number of hydrogen-bond acceptors (Lipinski definition) is 12. The summed E-state index contributed by atoms with van der Waals surface area (Å²) in [7, 11) is 8.01. The van der Waals surface area contributed by atoms with Crippen LogP contribution in [-0.2, 0) is 0 Å². The number of nitrogens with zero attached hydrogens (tertiary/aromatic N) is 9. The van der Waals surface area contributed by atoms with Gasteiger partial charge in [0.25, 0.3) is 11.1 Å². The molecular formula is C43H59ClN10O2S2. The van der Waals surface area contributed by atoms with Gasteiger partial charge >= 0.3 is 0 Å². The minimum absolute atomic E-state index is 0. The monoisotopic (exact) mass is 846 g/mol. The van der Waals surface area contributed by atoms with E-state index in [1.165, 1.54) is 100.0 Å². The average Bonchev–Trinajstić information content (AvgIpc) is 4.06. The van der Waals surface area contributed by atoms with Gasteiger partial charge < -0.3 is 20.0 Å². The van der Waals surface area contributed by atoms with Crippen molar-refractivity contribution in [1.82, 2.24) is 34.4 Å². The van der Waals surface area contributed by atoms with Crippen molar-refractivity contribution >= 4 is 92.3 Å². The lowest BCUT2D eigenvalue weighted by Crippen LogP contribution is -2.26. The first kappa shape index (κ1) is 42.3. The Hall–Kier alpha value is -3.85. The third-order valence-electron chi connectivity index (χ3n) is 12.0. The van der Waals surface area contributed by atoms with Crippen LogP contribution in [0.4, 0.5) is 17.2 Å². The van der Waals surface area contributed by atoms with Gasteiger partial charge in [0.1, 0.15) is 30.0 Å². The van der Waals surface area contributed by atoms with Gasteiger partial charge in [-0.1, -0.05) is 57.6 Å². The molecule has 0 spiro atoms. The molecule has 8 heterocycles. The van der Waals surface area contributed by atoms with E-state index in [0.29, 0.717) is 15.9 Å². The highest BCUT2D eigenvalue weighted by Gasteiger charge is 2.25. The first-order valence-corrected chi connectivity index (χ1v) is 22.8. The third-order valence-corrected chi connectivity index (χ3v) is 14.3. The van der Waals surface area contributed by atoms with E-state index in [1.807, 2.05) is 34.2 Å². The number of aromatic nitrogens is 6. The van der Waals surface area contributed by atoms with E-state index >= 15 is 0 Å². The SMILES string of the molecule is C.C1CCNC1.CN(C)c1cc(Cl)nc2sc3c(=O)n(C4CCCCC4)cnc3c12.CN(C)c1cc(N2CCCC2)nc2sc3c(=O)n(C4CCCCC4)cnc3c12. The molecule has 4 fully saturated rings. The Morgan fingerprint density at radius 2 is 1.12 bits per heavy atom. The highest BCUT2D eigenvalue weighted by molar-refractivity contribution is 7.25. The molecule has 0 radical (unpaired) electrons. The van der Waals surface area contributed by atoms with E-state index in [1.54, 1.807) is 12.7 Å². The van der Waals surface area contributed by atoms with E-state index in [-0.39, 0.29) is 24.6 Å². The highest BCUT2D eigenvalue weighted by Crippen LogP contribution is 2.40. The zero-order chi connectivity index (χ0) is 39.6. The van der Waals surface area contributed by atoms with Crippen LogP contribution in [0.5, 0.6) is 0 Å². The minimum Gasteiger partial charge on any atom is -0.377 e. The molecule has 10 rings (SSSR count). The molecule has 0 bridgehead atoms. The fourth-order valence-electron chi connectivity index (χ4n) is 8.88. The Bertz CT molecular complexity index is 2460. The maximum atomic E-state index is 13.3. The van der Waals surface area contributed by atoms with Gasteiger partial charge in [-0.25, -0.2) is 19.9 Å². The van der Waals surface area contributed by atoms with Gasteiger partial charge in [0, 0.05) is 59.4 Å². The molecule has 0 aromatic carbocycles. The minimum atomic E-state index is 0. The van der Waals surface area contributed by atoms with Crippen molar-refractivity contribution in [2.45, 2.75) is 109 Å². The molecule has 6 aromatic heterocycles. The Morgan fingerprint density at radius 3 is 1.57 bits per heavy atom. The number of anilines is 3. The zero-order valence-corrected chi connectivity index (χ0v) is 36.1. The summed E-state index contributed by atoms with van der Waals surface area (Å²) in [5.41, 5.74) is 3.74. The summed E-state index contributed by atoms with van der Waals surface area (Å²) in [6.07, 6.45) is 20.3. The molecule has 0 atom stereocenters. The molecule has 312 valence electrons. The number of halogens is 1. The number of rotatable bonds is 5. The largest absolute Gasteiger partial charge is 0.377 e. The van der Waals surface area contributed by atoms with Crippen LogP contribution >= 0.6 is 34.3 Å². The van der Waals surface area contributed by atoms with Crippen LogP contribution in [0, 0.1) is 0 Å². The molecule has 1 N–H and O–H groups in total. The summed E-state index contributed by atoms with van der Waals surface area (Å²) in [5, 5.41) is 5.59. The smallest absolute Gasteiger partial charge is 0.271 e. The standard InChI is InChI=1S/C21H27N5OS.C17H19ClN4OS.C4H9N.CH4/c1-24(2)15-12-16(25-10-6-7-11-25)23-20-17(15)18-19(28-20)21(27)26(13-22-18)14-8-4-3-5-9-14;1-21(2)11-8-12(18)20-16-13(11)14-15(24-16)17(23)22(9-19-14)10-6-4-3-5-7-10;1-2-4-5-3-1;/h12-14H,3-11H2,1-2H3;8-10H,3-7H2,1-2H3;5H,1-4H2;1H4. The lowest BCUT2D eigenvalue weighted by Gasteiger charge is -2.23. The summed E-state index contributed by atoms with van der Waals surface area (Å²) in [6.45, 7) is 4.62. The van der Waals surface area contributed by atoms with Gasteiger partial charge in [-0.3, -0.25) is 18.7 Å². The van der Waals surface area contributed by atoms with Crippen molar-refractivity contribution < 1.29 is 0 Å². The molecule has 2 aliphatic heterocycles. The van der Waals surface area contributed by atoms with Crippen molar-refractivity contribution in [1.29, 1.82) is 0 Å². The van der Waals surface area contributed by atoms with Crippen LogP contribution < -0.4 is 31.1 Å². The molecule has 12 nitrogen and oxygen atoms in total. The number of thiophene rings is 2. The molecule has 6 aromatic rings. The van der Waals surface area contributed by atoms with Crippen LogP contribution in [0.1, 0.15) is 109 Å². The summed E-state index contributed by atoms with van der Waals surface area (Å²) in [4.78, 5) is 53.2. The van der Waals surface area contributed by atoms with E-state index < -0.39 is 0 Å². The van der Waals surface area contributed by atoms with Crippen molar-refractivity contribution in [2.24, 2.45) is 0 Å². The third kappa shape index (κ3) is 8.57. The molecule has 2 saturated carbocycles. The summed E-state index contributed by atoms with van der Waals surface area (Å²) in [5.74, 6) is 1.02. The molecule has 15 heteroatoms. The van der Waals surface area contributed by atoms with Gasteiger partial charge in [-0.2, -0.15) is 0 Å². The summed E-state index contributed by atoms with van der Waals surface area (Å²) < 4.78 is 5.13. The highest BCUT2D eigenvalue weighted by atomic mass is 35.5. The molecule has 58 heavy (non-hydrogen) atoms. The maximum Gasteiger partial charge on any atom is 0.271 e. The van der Waals surface area contributed by atoms with Gasteiger partial charge in [-0.15, -0.1) is 22.7 Å². The topological polar surface area (TPSA) is 117 Å². The van der Waals surface area contributed by atoms with E-state index in [9.17, 15) is 9.59 Å². The van der Waals surface area contributed by atoms with E-state index in [4.69, 9.17) is 21.6 Å². The molecule has 2 aliphatic carbocycles. The Labute approximate surface area is 354 Å². The number of nitrogens with one attached hydrogen (secondary N) is 1. The second-order valence-electron chi connectivity index (χ2n) is 16.3. The lowest BCUT2D eigenvalue weighted by molar-refractivity contribution is 0.345. The Balaban J connectivity index is 0.000000156. The molecule has 4 aliphatic rings. The number of pyridine rings is 2. The van der Waals surface area contributed by atoms with Gasteiger partial charge in [0.05, 0.1) is 45.8 Å². The fourth-order valence-corrected chi connectivity index (χ4v) is 11.3. The van der Waals surface area contributed by atoms with Crippen LogP contribution in [0.15, 0.2) is 34.4 Å². The summed E-state index contributed by atoms with van der Waals surface area (Å²) in [6, 6.07) is 4.56. The normalized spacial score (nSPS) is 17.6. The summed E-state index contributed by atoms with van der Waals surface area (Å²) >= 11 is 9.06. The zero-order valence-electron chi connectivity index (χ0n) is 33.7. The van der Waals surface area contributed by atoms with Crippen LogP contribution in [0.25, 0.3) is 40.9 Å². The second kappa shape index (κ2) is 18.6. The van der Waals surface area contributed by atoms with E-state index in [2.05, 4.69) is 45.2 Å². The molecule has 0 unspecified atom stereocenters. The van der Waals surface area contributed by atoms with Crippen LogP contribution in [0.2, 0.25) is 5.15 Å². The first-order valence-electron chi connectivity index (χ1n) is 20.8. The average molecular weight is 848 g/mol. The van der Waals surface area contributed by atoms with Crippen LogP contribution in [0.3, 0.4) is 0 Å². The van der Waals surface area contributed by atoms with E-state index in [0.717, 1.165) is 92.1 Å². The van der Waals surface area contributed by atoms with Crippen molar-refractivity contribution in [3.63, 3.8) is 0 Å². The predicted octanol–water partition coefficient (Wildman–Crippen LogP) is 9.41. The maximum absolute atomic E-state index is 13.3. The Morgan fingerprint density at radius 1 is 0.655 bits per heavy atom. The van der Waals surface area contributed by atoms with Crippen LogP contribution in [-0.4, -0.2) is 83.4 Å². The van der Waals surface area contributed by atoms with Crippen molar-refractivity contribution in [3.05, 3.63) is 50.6 Å². The lowest BCUT2D eigenvalue weighted by atomic mass is 9.95. The molecular weight excluding hydrogens is 788 g/mol. The molecule has 2 saturated heterocycles. The first-order chi connectivity index (χ1) is 27.7. The predicted molar refractivity (Wildman–Crippen MR) is 247 cm³/mol. The quantitative estimate of drug-likeness (QED) is 0.168. The van der Waals surface area contributed by atoms with Gasteiger partial charge in [-0.05, 0) is 70.5 Å². The number of hydrogen-bond donors (Lipinski definition) is 1. The van der Waals surface area contributed by atoms with Crippen molar-refractivity contribution in [3.8, 4) is 0 Å². The Kier molecular flexibility index (Phi) is 13.6. The fraction of sp³-hybridized carbons (Fsp3) is 0.581. The van der Waals surface area contributed by atoms with Crippen molar-refractivity contribution in [2.75, 3.05) is 69.1 Å².